The third-order valence-electron chi connectivity index (χ3n) is 10.1. The predicted octanol–water partition coefficient (Wildman–Crippen LogP) is 3.23. The monoisotopic (exact) mass is 746 g/mol. The van der Waals surface area contributed by atoms with Gasteiger partial charge in [0.1, 0.15) is 23.7 Å². The molecule has 5 atom stereocenters. The SMILES string of the molecule is CC(C)(C)NC(=O)N[C@H]1CCCCC/C=C\[C@@H]2C[C@@]2(C(=O)NS(=O)(=O)C2CC2)NC(=O)C2C[C@@H](OC(=O)N3Cc4cccc(Cl)c4C3)CN2C1=O. The van der Waals surface area contributed by atoms with Crippen LogP contribution in [0.5, 0.6) is 0 Å². The van der Waals surface area contributed by atoms with Gasteiger partial charge in [-0.2, -0.15) is 0 Å². The fraction of sp³-hybridized carbons (Fsp3) is 0.629. The number of allylic oxidation sites excluding steroid dienone is 1. The van der Waals surface area contributed by atoms with Crippen molar-refractivity contribution in [2.45, 2.75) is 126 Å². The Bertz CT molecular complexity index is 1730. The fourth-order valence-corrected chi connectivity index (χ4v) is 8.73. The van der Waals surface area contributed by atoms with Gasteiger partial charge in [0.05, 0.1) is 18.3 Å². The summed E-state index contributed by atoms with van der Waals surface area (Å²) in [6, 6.07) is 2.75. The molecule has 5 aliphatic rings. The van der Waals surface area contributed by atoms with Crippen molar-refractivity contribution in [1.29, 1.82) is 0 Å². The first-order chi connectivity index (χ1) is 24.1. The van der Waals surface area contributed by atoms with E-state index in [-0.39, 0.29) is 25.9 Å². The summed E-state index contributed by atoms with van der Waals surface area (Å²) in [4.78, 5) is 71.3. The molecule has 1 saturated heterocycles. The normalized spacial score (nSPS) is 28.9. The van der Waals surface area contributed by atoms with Gasteiger partial charge in [0.15, 0.2) is 0 Å². The smallest absolute Gasteiger partial charge is 0.410 e. The lowest BCUT2D eigenvalue weighted by Crippen LogP contribution is -2.59. The second kappa shape index (κ2) is 14.3. The van der Waals surface area contributed by atoms with E-state index in [4.69, 9.17) is 16.3 Å². The van der Waals surface area contributed by atoms with Crippen molar-refractivity contribution < 1.29 is 37.1 Å². The van der Waals surface area contributed by atoms with Gasteiger partial charge in [-0.1, -0.05) is 48.7 Å². The van der Waals surface area contributed by atoms with E-state index >= 15 is 0 Å². The van der Waals surface area contributed by atoms with E-state index in [1.54, 1.807) is 6.07 Å². The molecule has 2 saturated carbocycles. The molecule has 0 bridgehead atoms. The van der Waals surface area contributed by atoms with Crippen LogP contribution in [-0.4, -0.2) is 89.1 Å². The van der Waals surface area contributed by atoms with Crippen molar-refractivity contribution in [3.8, 4) is 0 Å². The van der Waals surface area contributed by atoms with Gasteiger partial charge < -0.3 is 25.6 Å². The van der Waals surface area contributed by atoms with Gasteiger partial charge in [-0.3, -0.25) is 24.0 Å². The van der Waals surface area contributed by atoms with Crippen LogP contribution in [0.4, 0.5) is 9.59 Å². The third-order valence-corrected chi connectivity index (χ3v) is 12.3. The van der Waals surface area contributed by atoms with Crippen LogP contribution in [-0.2, 0) is 42.2 Å². The van der Waals surface area contributed by atoms with Crippen molar-refractivity contribution in [3.63, 3.8) is 0 Å². The highest BCUT2D eigenvalue weighted by atomic mass is 35.5. The predicted molar refractivity (Wildman–Crippen MR) is 188 cm³/mol. The summed E-state index contributed by atoms with van der Waals surface area (Å²) in [5, 5.41) is 8.34. The van der Waals surface area contributed by atoms with E-state index in [0.717, 1.165) is 24.0 Å². The number of nitrogens with one attached hydrogen (secondary N) is 4. The first-order valence-corrected chi connectivity index (χ1v) is 19.6. The van der Waals surface area contributed by atoms with Crippen LogP contribution in [0.25, 0.3) is 0 Å². The van der Waals surface area contributed by atoms with Crippen LogP contribution in [0, 0.1) is 5.92 Å². The Morgan fingerprint density at radius 2 is 1.82 bits per heavy atom. The molecule has 3 aliphatic heterocycles. The van der Waals surface area contributed by atoms with Crippen LogP contribution >= 0.6 is 11.6 Å². The van der Waals surface area contributed by atoms with Gasteiger partial charge in [0.2, 0.25) is 21.8 Å². The first kappa shape index (κ1) is 36.9. The molecule has 1 aromatic carbocycles. The standard InChI is InChI=1S/C35H47ClN6O8S/c1-34(2,3)39-32(46)37-27-13-8-6-4-5-7-11-22-17-35(22,31(45)40-51(48,49)24-14-15-24)38-29(43)28-16-23(19-42(28)30(27)44)50-33(47)41-18-21-10-9-12-26(36)25(21)20-41/h7,9-12,22-24,27-28H,4-6,8,13-20H2,1-3H3,(H,38,43)(H,40,45)(H2,37,39,46)/b11-7-/t22-,23-,27+,28?,35-/m1/s1. The minimum Gasteiger partial charge on any atom is -0.444 e. The summed E-state index contributed by atoms with van der Waals surface area (Å²) >= 11 is 6.35. The molecule has 2 aliphatic carbocycles. The Morgan fingerprint density at radius 1 is 1.06 bits per heavy atom. The summed E-state index contributed by atoms with van der Waals surface area (Å²) in [7, 11) is -3.90. The summed E-state index contributed by atoms with van der Waals surface area (Å²) in [6.07, 6.45) is 6.48. The quantitative estimate of drug-likeness (QED) is 0.331. The van der Waals surface area contributed by atoms with Gasteiger partial charge >= 0.3 is 12.1 Å². The molecule has 278 valence electrons. The van der Waals surface area contributed by atoms with Crippen LogP contribution < -0.4 is 20.7 Å². The van der Waals surface area contributed by atoms with Gasteiger partial charge in [0, 0.05) is 29.4 Å². The van der Waals surface area contributed by atoms with Crippen molar-refractivity contribution in [2.75, 3.05) is 6.54 Å². The van der Waals surface area contributed by atoms with Crippen molar-refractivity contribution >= 4 is 51.5 Å². The minimum atomic E-state index is -3.90. The number of urea groups is 1. The lowest BCUT2D eigenvalue weighted by molar-refractivity contribution is -0.141. The molecule has 14 nitrogen and oxygen atoms in total. The zero-order valence-corrected chi connectivity index (χ0v) is 30.8. The summed E-state index contributed by atoms with van der Waals surface area (Å²) in [5.74, 6) is -2.45. The third kappa shape index (κ3) is 8.45. The molecule has 0 radical (unpaired) electrons. The number of carbonyl (C=O) groups is 5. The summed E-state index contributed by atoms with van der Waals surface area (Å²) in [6.45, 7) is 5.87. The minimum absolute atomic E-state index is 0.0651. The van der Waals surface area contributed by atoms with E-state index in [9.17, 15) is 32.4 Å². The maximum atomic E-state index is 14.3. The Labute approximate surface area is 303 Å². The number of benzene rings is 1. The van der Waals surface area contributed by atoms with Crippen molar-refractivity contribution in [1.82, 2.24) is 30.5 Å². The number of sulfonamides is 1. The Hall–Kier alpha value is -3.85. The zero-order chi connectivity index (χ0) is 36.7. The number of fused-ring (bicyclic) bond motifs is 3. The number of hydrogen-bond donors (Lipinski definition) is 4. The number of carbonyl (C=O) groups excluding carboxylic acids is 5. The Morgan fingerprint density at radius 3 is 2.53 bits per heavy atom. The molecule has 4 N–H and O–H groups in total. The molecule has 0 aromatic heterocycles. The second-order valence-electron chi connectivity index (χ2n) is 15.4. The molecule has 16 heteroatoms. The Kier molecular flexibility index (Phi) is 10.3. The molecule has 6 rings (SSSR count). The fourth-order valence-electron chi connectivity index (χ4n) is 7.11. The lowest BCUT2D eigenvalue weighted by atomic mass is 10.0. The number of rotatable bonds is 5. The second-order valence-corrected chi connectivity index (χ2v) is 17.8. The van der Waals surface area contributed by atoms with Crippen LogP contribution in [0.2, 0.25) is 5.02 Å². The van der Waals surface area contributed by atoms with Gasteiger partial charge in [-0.15, -0.1) is 0 Å². The molecular weight excluding hydrogens is 700 g/mol. The highest BCUT2D eigenvalue weighted by Gasteiger charge is 2.62. The molecule has 51 heavy (non-hydrogen) atoms. The average molecular weight is 747 g/mol. The van der Waals surface area contributed by atoms with Gasteiger partial charge in [-0.25, -0.2) is 18.0 Å². The topological polar surface area (TPSA) is 183 Å². The molecule has 6 amide bonds. The lowest BCUT2D eigenvalue weighted by Gasteiger charge is -2.30. The molecule has 0 spiro atoms. The largest absolute Gasteiger partial charge is 0.444 e. The highest BCUT2D eigenvalue weighted by Crippen LogP contribution is 2.46. The van der Waals surface area contributed by atoms with Crippen LogP contribution in [0.15, 0.2) is 30.4 Å². The molecule has 3 heterocycles. The highest BCUT2D eigenvalue weighted by molar-refractivity contribution is 7.91. The van der Waals surface area contributed by atoms with Gasteiger partial charge in [-0.05, 0) is 76.5 Å². The molecular formula is C35H47ClN6O8S. The zero-order valence-electron chi connectivity index (χ0n) is 29.2. The molecule has 1 aromatic rings. The van der Waals surface area contributed by atoms with Crippen LogP contribution in [0.3, 0.4) is 0 Å². The van der Waals surface area contributed by atoms with Crippen LogP contribution in [0.1, 0.15) is 89.7 Å². The van der Waals surface area contributed by atoms with E-state index in [1.165, 1.54) is 9.80 Å². The van der Waals surface area contributed by atoms with E-state index in [2.05, 4.69) is 20.7 Å². The number of ether oxygens (including phenoxy) is 1. The van der Waals surface area contributed by atoms with Crippen molar-refractivity contribution in [3.05, 3.63) is 46.5 Å². The maximum Gasteiger partial charge on any atom is 0.410 e. The number of amides is 6. The van der Waals surface area contributed by atoms with E-state index < -0.39 is 80.3 Å². The van der Waals surface area contributed by atoms with E-state index in [0.29, 0.717) is 43.7 Å². The first-order valence-electron chi connectivity index (χ1n) is 17.7. The summed E-state index contributed by atoms with van der Waals surface area (Å²) in [5.41, 5.74) is -0.371. The maximum absolute atomic E-state index is 14.3. The number of nitrogens with zero attached hydrogens (tertiary/aromatic N) is 2. The molecule has 3 fully saturated rings. The molecule has 1 unspecified atom stereocenters. The van der Waals surface area contributed by atoms with Gasteiger partial charge in [0.25, 0.3) is 5.91 Å². The van der Waals surface area contributed by atoms with Crippen molar-refractivity contribution in [2.24, 2.45) is 5.92 Å². The Balaban J connectivity index is 1.25. The number of halogens is 1. The number of hydrogen-bond acceptors (Lipinski definition) is 8. The average Bonchev–Trinajstić information content (AvgIpc) is 3.93. The summed E-state index contributed by atoms with van der Waals surface area (Å²) < 4.78 is 33.6. The van der Waals surface area contributed by atoms with E-state index in [1.807, 2.05) is 45.1 Å².